The number of alkyl halides is 4. The third-order valence-electron chi connectivity index (χ3n) is 5.04. The number of nitriles is 1. The molecule has 0 fully saturated rings. The summed E-state index contributed by atoms with van der Waals surface area (Å²) in [5.41, 5.74) is -0.161. The third kappa shape index (κ3) is 8.44. The number of hydrogen-bond donors (Lipinski definition) is 0. The molecule has 37 heavy (non-hydrogen) atoms. The Bertz CT molecular complexity index is 1280. The number of carbonyl (C=O) groups is 2. The molecule has 0 aliphatic heterocycles. The highest BCUT2D eigenvalue weighted by Gasteiger charge is 2.31. The van der Waals surface area contributed by atoms with E-state index in [-0.39, 0.29) is 67.9 Å². The van der Waals surface area contributed by atoms with Gasteiger partial charge in [0.25, 0.3) is 0 Å². The van der Waals surface area contributed by atoms with Crippen LogP contribution < -0.4 is 4.74 Å². The van der Waals surface area contributed by atoms with Gasteiger partial charge in [-0.2, -0.15) is 5.26 Å². The lowest BCUT2D eigenvalue weighted by Gasteiger charge is -2.10. The van der Waals surface area contributed by atoms with Crippen molar-refractivity contribution in [2.45, 2.75) is 57.7 Å². The summed E-state index contributed by atoms with van der Waals surface area (Å²) in [6.07, 6.45) is -4.17. The summed E-state index contributed by atoms with van der Waals surface area (Å²) in [4.78, 5) is 24.2. The Morgan fingerprint density at radius 2 is 1.70 bits per heavy atom. The van der Waals surface area contributed by atoms with Crippen LogP contribution in [0.3, 0.4) is 0 Å². The molecule has 1 aromatic carbocycles. The van der Waals surface area contributed by atoms with Gasteiger partial charge in [0.1, 0.15) is 29.1 Å². The monoisotopic (exact) mass is 525 g/mol. The normalized spacial score (nSPS) is 12.2. The van der Waals surface area contributed by atoms with Gasteiger partial charge in [-0.15, -0.1) is 23.4 Å². The molecule has 0 spiro atoms. The van der Waals surface area contributed by atoms with E-state index in [1.165, 1.54) is 17.1 Å². The second-order valence-electron chi connectivity index (χ2n) is 7.88. The van der Waals surface area contributed by atoms with E-state index >= 15 is 0 Å². The predicted octanol–water partition coefficient (Wildman–Crippen LogP) is 3.64. The number of ether oxygens (including phenoxy) is 1. The lowest BCUT2D eigenvalue weighted by atomic mass is 10.1. The van der Waals surface area contributed by atoms with Gasteiger partial charge < -0.3 is 4.74 Å². The number of hydrogen-bond acceptors (Lipinski definition) is 8. The summed E-state index contributed by atoms with van der Waals surface area (Å²) in [6.45, 7) is -0.114. The molecular formula is C22H20F5N7O3. The van der Waals surface area contributed by atoms with Crippen molar-refractivity contribution in [3.05, 3.63) is 53.4 Å². The molecule has 3 rings (SSSR count). The van der Waals surface area contributed by atoms with Crippen LogP contribution in [0.2, 0.25) is 0 Å². The van der Waals surface area contributed by atoms with Crippen LogP contribution in [0.5, 0.6) is 5.75 Å². The van der Waals surface area contributed by atoms with Crippen molar-refractivity contribution < 1.29 is 36.3 Å². The third-order valence-corrected chi connectivity index (χ3v) is 5.04. The van der Waals surface area contributed by atoms with E-state index in [0.717, 1.165) is 22.9 Å². The maximum absolute atomic E-state index is 14.4. The molecule has 0 amide bonds. The zero-order valence-corrected chi connectivity index (χ0v) is 19.2. The van der Waals surface area contributed by atoms with Crippen LogP contribution in [0, 0.1) is 17.1 Å². The number of nitrogens with zero attached hydrogens (tertiary/aromatic N) is 7. The minimum atomic E-state index is -4.94. The van der Waals surface area contributed by atoms with Gasteiger partial charge in [0.15, 0.2) is 11.6 Å². The highest BCUT2D eigenvalue weighted by Crippen LogP contribution is 2.25. The number of aromatic nitrogens is 6. The van der Waals surface area contributed by atoms with E-state index < -0.39 is 29.9 Å². The fourth-order valence-corrected chi connectivity index (χ4v) is 3.23. The number of Topliss-reactive ketones (excluding diaryl/α,β-unsaturated/α-hetero) is 2. The fourth-order valence-electron chi connectivity index (χ4n) is 3.23. The first-order valence-corrected chi connectivity index (χ1v) is 11.0. The standard InChI is InChI=1S/C22H20F5N7O3/c23-15(7-9-33-12-18(29-31-33)20(35)2-1-8-28)11-34-13-19(30-32-34)21(36)6-3-14-10-16(4-5-17(14)24)37-22(25,26)27/h4-5,10,12-13,15H,1-3,6-7,9,11H2. The fraction of sp³-hybridized carbons (Fsp3) is 0.409. The summed E-state index contributed by atoms with van der Waals surface area (Å²) in [7, 11) is 0. The number of rotatable bonds is 13. The second-order valence-corrected chi connectivity index (χ2v) is 7.88. The van der Waals surface area contributed by atoms with Gasteiger partial charge in [0.05, 0.1) is 25.0 Å². The number of ketones is 2. The Labute approximate surface area is 206 Å². The van der Waals surface area contributed by atoms with E-state index in [0.29, 0.717) is 0 Å². The predicted molar refractivity (Wildman–Crippen MR) is 114 cm³/mol. The van der Waals surface area contributed by atoms with Gasteiger partial charge in [0.2, 0.25) is 0 Å². The molecule has 2 aromatic heterocycles. The first-order valence-electron chi connectivity index (χ1n) is 11.0. The number of carbonyl (C=O) groups excluding carboxylic acids is 2. The first-order chi connectivity index (χ1) is 17.5. The lowest BCUT2D eigenvalue weighted by Crippen LogP contribution is -2.17. The molecule has 0 saturated carbocycles. The summed E-state index contributed by atoms with van der Waals surface area (Å²) >= 11 is 0. The van der Waals surface area contributed by atoms with Crippen molar-refractivity contribution in [3.63, 3.8) is 0 Å². The Kier molecular flexibility index (Phi) is 8.99. The summed E-state index contributed by atoms with van der Waals surface area (Å²) in [6, 6.07) is 4.36. The number of aryl methyl sites for hydroxylation is 2. The summed E-state index contributed by atoms with van der Waals surface area (Å²) < 4.78 is 71.6. The summed E-state index contributed by atoms with van der Waals surface area (Å²) in [5, 5.41) is 23.4. The van der Waals surface area contributed by atoms with Crippen LogP contribution in [0.1, 0.15) is 52.2 Å². The smallest absolute Gasteiger partial charge is 0.406 e. The highest BCUT2D eigenvalue weighted by atomic mass is 19.4. The summed E-state index contributed by atoms with van der Waals surface area (Å²) in [5.74, 6) is -2.30. The minimum Gasteiger partial charge on any atom is -0.406 e. The molecular weight excluding hydrogens is 505 g/mol. The van der Waals surface area contributed by atoms with E-state index in [9.17, 15) is 31.5 Å². The quantitative estimate of drug-likeness (QED) is 0.244. The highest BCUT2D eigenvalue weighted by molar-refractivity contribution is 5.94. The lowest BCUT2D eigenvalue weighted by molar-refractivity contribution is -0.274. The van der Waals surface area contributed by atoms with Crippen molar-refractivity contribution in [2.24, 2.45) is 0 Å². The Hall–Kier alpha value is -4.22. The second kappa shape index (κ2) is 12.2. The van der Waals surface area contributed by atoms with Gasteiger partial charge in [0, 0.05) is 32.2 Å². The van der Waals surface area contributed by atoms with Crippen molar-refractivity contribution in [1.29, 1.82) is 5.26 Å². The molecule has 1 unspecified atom stereocenters. The average Bonchev–Trinajstić information content (AvgIpc) is 3.50. The van der Waals surface area contributed by atoms with Gasteiger partial charge in [-0.1, -0.05) is 10.4 Å². The first kappa shape index (κ1) is 27.4. The maximum atomic E-state index is 14.4. The molecule has 10 nitrogen and oxygen atoms in total. The van der Waals surface area contributed by atoms with Crippen LogP contribution in [0.4, 0.5) is 22.0 Å². The van der Waals surface area contributed by atoms with Gasteiger partial charge in [-0.05, 0) is 30.2 Å². The number of halogens is 5. The topological polar surface area (TPSA) is 129 Å². The van der Waals surface area contributed by atoms with Crippen molar-refractivity contribution in [2.75, 3.05) is 0 Å². The van der Waals surface area contributed by atoms with Crippen molar-refractivity contribution in [1.82, 2.24) is 30.0 Å². The molecule has 0 radical (unpaired) electrons. The molecule has 0 aliphatic rings. The van der Waals surface area contributed by atoms with Gasteiger partial charge in [-0.3, -0.25) is 14.3 Å². The molecule has 15 heteroatoms. The van der Waals surface area contributed by atoms with E-state index in [4.69, 9.17) is 5.26 Å². The largest absolute Gasteiger partial charge is 0.573 e. The van der Waals surface area contributed by atoms with Crippen LogP contribution >= 0.6 is 0 Å². The molecule has 0 saturated heterocycles. The van der Waals surface area contributed by atoms with E-state index in [1.807, 2.05) is 6.07 Å². The molecule has 2 heterocycles. The van der Waals surface area contributed by atoms with Crippen molar-refractivity contribution >= 4 is 11.6 Å². The van der Waals surface area contributed by atoms with E-state index in [1.54, 1.807) is 0 Å². The van der Waals surface area contributed by atoms with Crippen LogP contribution in [-0.4, -0.2) is 54.1 Å². The van der Waals surface area contributed by atoms with Crippen LogP contribution in [0.15, 0.2) is 30.6 Å². The van der Waals surface area contributed by atoms with Crippen molar-refractivity contribution in [3.8, 4) is 11.8 Å². The molecule has 0 bridgehead atoms. The molecule has 196 valence electrons. The molecule has 3 aromatic rings. The van der Waals surface area contributed by atoms with Crippen LogP contribution in [0.25, 0.3) is 0 Å². The van der Waals surface area contributed by atoms with Gasteiger partial charge in [-0.25, -0.2) is 13.5 Å². The molecule has 0 N–H and O–H groups in total. The SMILES string of the molecule is N#CCCC(=O)c1cn(CCC(F)Cn2cc(C(=O)CCc3cc(OC(F)(F)F)ccc3F)nn2)nn1. The molecule has 1 atom stereocenters. The zero-order valence-electron chi connectivity index (χ0n) is 19.2. The number of benzene rings is 1. The van der Waals surface area contributed by atoms with Crippen LogP contribution in [-0.2, 0) is 19.5 Å². The Morgan fingerprint density at radius 3 is 2.38 bits per heavy atom. The minimum absolute atomic E-state index is 0.00601. The molecule has 0 aliphatic carbocycles. The van der Waals surface area contributed by atoms with Gasteiger partial charge >= 0.3 is 6.36 Å². The zero-order chi connectivity index (χ0) is 27.0. The maximum Gasteiger partial charge on any atom is 0.573 e. The average molecular weight is 525 g/mol. The Balaban J connectivity index is 1.48. The Morgan fingerprint density at radius 1 is 1.05 bits per heavy atom. The van der Waals surface area contributed by atoms with E-state index in [2.05, 4.69) is 25.4 Å².